The first-order chi connectivity index (χ1) is 15.6. The Balaban J connectivity index is 1.50. The van der Waals surface area contributed by atoms with E-state index >= 15 is 0 Å². The molecule has 2 aromatic carbocycles. The van der Waals surface area contributed by atoms with Crippen LogP contribution < -0.4 is 14.8 Å². The molecule has 0 aliphatic carbocycles. The number of carbonyl (C=O) groups excluding carboxylic acids is 1. The van der Waals surface area contributed by atoms with Gasteiger partial charge in [0.25, 0.3) is 0 Å². The molecular formula is C25H32N2O5S. The monoisotopic (exact) mass is 472 g/mol. The van der Waals surface area contributed by atoms with Gasteiger partial charge in [0, 0.05) is 31.1 Å². The third-order valence-electron chi connectivity index (χ3n) is 6.41. The Morgan fingerprint density at radius 3 is 2.61 bits per heavy atom. The number of piperidine rings is 1. The van der Waals surface area contributed by atoms with Crippen molar-refractivity contribution in [3.8, 4) is 11.5 Å². The van der Waals surface area contributed by atoms with E-state index < -0.39 is 21.5 Å². The third-order valence-corrected chi connectivity index (χ3v) is 8.29. The second-order valence-corrected chi connectivity index (χ2v) is 11.5. The highest BCUT2D eigenvalue weighted by Crippen LogP contribution is 2.41. The molecule has 1 N–H and O–H groups in total. The van der Waals surface area contributed by atoms with Crippen molar-refractivity contribution in [3.05, 3.63) is 53.6 Å². The van der Waals surface area contributed by atoms with E-state index in [4.69, 9.17) is 9.47 Å². The third kappa shape index (κ3) is 5.01. The van der Waals surface area contributed by atoms with Gasteiger partial charge in [0.2, 0.25) is 15.9 Å². The number of sulfonamides is 1. The number of carbonyl (C=O) groups is 1. The quantitative estimate of drug-likeness (QED) is 0.715. The SMILES string of the molecule is COc1ccc2c(c1)OC(C)(C)CC2NC(=O)C1CCCN(S(=O)(=O)c2ccc(C)cc2)C1. The molecule has 1 saturated heterocycles. The van der Waals surface area contributed by atoms with Crippen LogP contribution in [0.15, 0.2) is 47.4 Å². The van der Waals surface area contributed by atoms with Crippen LogP contribution in [0, 0.1) is 12.8 Å². The van der Waals surface area contributed by atoms with E-state index in [1.165, 1.54) is 4.31 Å². The number of fused-ring (bicyclic) bond motifs is 1. The summed E-state index contributed by atoms with van der Waals surface area (Å²) < 4.78 is 39.1. The summed E-state index contributed by atoms with van der Waals surface area (Å²) in [5, 5.41) is 3.18. The Bertz CT molecular complexity index is 1130. The van der Waals surface area contributed by atoms with Gasteiger partial charge in [0.05, 0.1) is 24.0 Å². The van der Waals surface area contributed by atoms with Gasteiger partial charge in [0.15, 0.2) is 0 Å². The summed E-state index contributed by atoms with van der Waals surface area (Å²) in [5.74, 6) is 0.874. The molecule has 1 amide bonds. The predicted molar refractivity (Wildman–Crippen MR) is 126 cm³/mol. The van der Waals surface area contributed by atoms with Gasteiger partial charge in [-0.3, -0.25) is 4.79 Å². The summed E-state index contributed by atoms with van der Waals surface area (Å²) in [4.78, 5) is 13.5. The van der Waals surface area contributed by atoms with Crippen molar-refractivity contribution in [1.82, 2.24) is 9.62 Å². The van der Waals surface area contributed by atoms with Crippen LogP contribution in [0.1, 0.15) is 50.3 Å². The molecule has 0 aromatic heterocycles. The van der Waals surface area contributed by atoms with Crippen molar-refractivity contribution in [2.24, 2.45) is 5.92 Å². The molecule has 33 heavy (non-hydrogen) atoms. The van der Waals surface area contributed by atoms with Crippen LogP contribution in [0.2, 0.25) is 0 Å². The van der Waals surface area contributed by atoms with Crippen molar-refractivity contribution >= 4 is 15.9 Å². The Hall–Kier alpha value is -2.58. The zero-order valence-electron chi connectivity index (χ0n) is 19.6. The maximum absolute atomic E-state index is 13.3. The Kier molecular flexibility index (Phi) is 6.42. The molecule has 2 aliphatic rings. The van der Waals surface area contributed by atoms with Gasteiger partial charge >= 0.3 is 0 Å². The molecule has 2 atom stereocenters. The first-order valence-corrected chi connectivity index (χ1v) is 12.8. The van der Waals surface area contributed by atoms with Crippen LogP contribution in [0.4, 0.5) is 0 Å². The second-order valence-electron chi connectivity index (χ2n) is 9.55. The summed E-state index contributed by atoms with van der Waals surface area (Å²) in [6, 6.07) is 12.2. The minimum atomic E-state index is -3.63. The molecule has 2 aliphatic heterocycles. The number of ether oxygens (including phenoxy) is 2. The predicted octanol–water partition coefficient (Wildman–Crippen LogP) is 3.82. The standard InChI is InChI=1S/C25H32N2O5S/c1-17-7-10-20(11-8-17)33(29,30)27-13-5-6-18(16-27)24(28)26-22-15-25(2,3)32-23-14-19(31-4)9-12-21(22)23/h7-12,14,18,22H,5-6,13,15-16H2,1-4H3,(H,26,28). The Morgan fingerprint density at radius 2 is 1.91 bits per heavy atom. The van der Waals surface area contributed by atoms with E-state index in [-0.39, 0.29) is 23.4 Å². The number of methoxy groups -OCH3 is 1. The number of rotatable bonds is 5. The van der Waals surface area contributed by atoms with Crippen molar-refractivity contribution in [1.29, 1.82) is 0 Å². The number of benzene rings is 2. The first-order valence-electron chi connectivity index (χ1n) is 11.3. The van der Waals surface area contributed by atoms with Gasteiger partial charge in [-0.25, -0.2) is 8.42 Å². The molecule has 1 fully saturated rings. The van der Waals surface area contributed by atoms with E-state index in [1.807, 2.05) is 39.0 Å². The highest BCUT2D eigenvalue weighted by Gasteiger charge is 2.38. The lowest BCUT2D eigenvalue weighted by Crippen LogP contribution is -2.48. The highest BCUT2D eigenvalue weighted by molar-refractivity contribution is 7.89. The van der Waals surface area contributed by atoms with Crippen LogP contribution in [0.25, 0.3) is 0 Å². The number of amides is 1. The maximum Gasteiger partial charge on any atom is 0.243 e. The molecule has 4 rings (SSSR count). The lowest BCUT2D eigenvalue weighted by molar-refractivity contribution is -0.127. The fraction of sp³-hybridized carbons (Fsp3) is 0.480. The smallest absolute Gasteiger partial charge is 0.243 e. The van der Waals surface area contributed by atoms with E-state index in [0.29, 0.717) is 37.3 Å². The fourth-order valence-corrected chi connectivity index (χ4v) is 6.14. The fourth-order valence-electron chi connectivity index (χ4n) is 4.61. The first kappa shape index (κ1) is 23.6. The van der Waals surface area contributed by atoms with Crippen molar-refractivity contribution in [2.45, 2.75) is 56.6 Å². The zero-order chi connectivity index (χ0) is 23.8. The largest absolute Gasteiger partial charge is 0.497 e. The lowest BCUT2D eigenvalue weighted by atomic mass is 9.88. The average molecular weight is 473 g/mol. The number of hydrogen-bond donors (Lipinski definition) is 1. The van der Waals surface area contributed by atoms with Gasteiger partial charge in [-0.1, -0.05) is 17.7 Å². The van der Waals surface area contributed by atoms with Gasteiger partial charge < -0.3 is 14.8 Å². The minimum Gasteiger partial charge on any atom is -0.497 e. The van der Waals surface area contributed by atoms with Gasteiger partial charge in [-0.05, 0) is 57.9 Å². The second kappa shape index (κ2) is 8.99. The number of hydrogen-bond acceptors (Lipinski definition) is 5. The van der Waals surface area contributed by atoms with Gasteiger partial charge in [0.1, 0.15) is 17.1 Å². The maximum atomic E-state index is 13.3. The van der Waals surface area contributed by atoms with E-state index in [2.05, 4.69) is 5.32 Å². The van der Waals surface area contributed by atoms with Crippen molar-refractivity contribution in [2.75, 3.05) is 20.2 Å². The van der Waals surface area contributed by atoms with Crippen LogP contribution in [-0.4, -0.2) is 44.4 Å². The molecule has 0 saturated carbocycles. The highest BCUT2D eigenvalue weighted by atomic mass is 32.2. The summed E-state index contributed by atoms with van der Waals surface area (Å²) in [6.07, 6.45) is 1.93. The minimum absolute atomic E-state index is 0.122. The number of nitrogens with one attached hydrogen (secondary N) is 1. The van der Waals surface area contributed by atoms with Crippen molar-refractivity contribution < 1.29 is 22.7 Å². The number of nitrogens with zero attached hydrogens (tertiary/aromatic N) is 1. The summed E-state index contributed by atoms with van der Waals surface area (Å²) in [5.41, 5.74) is 1.45. The van der Waals surface area contributed by atoms with Crippen LogP contribution in [0.3, 0.4) is 0 Å². The molecule has 7 nitrogen and oxygen atoms in total. The topological polar surface area (TPSA) is 84.9 Å². The molecule has 0 spiro atoms. The molecule has 0 radical (unpaired) electrons. The molecule has 2 unspecified atom stereocenters. The molecule has 0 bridgehead atoms. The summed E-state index contributed by atoms with van der Waals surface area (Å²) in [6.45, 7) is 6.51. The Morgan fingerprint density at radius 1 is 1.18 bits per heavy atom. The van der Waals surface area contributed by atoms with E-state index in [9.17, 15) is 13.2 Å². The normalized spacial score (nSPS) is 22.7. The van der Waals surface area contributed by atoms with Crippen LogP contribution in [-0.2, 0) is 14.8 Å². The molecule has 2 heterocycles. The molecule has 178 valence electrons. The Labute approximate surface area is 196 Å². The summed E-state index contributed by atoms with van der Waals surface area (Å²) in [7, 11) is -2.03. The van der Waals surface area contributed by atoms with Gasteiger partial charge in [-0.15, -0.1) is 0 Å². The molecular weight excluding hydrogens is 440 g/mol. The van der Waals surface area contributed by atoms with E-state index in [0.717, 1.165) is 11.1 Å². The average Bonchev–Trinajstić information content (AvgIpc) is 2.78. The zero-order valence-corrected chi connectivity index (χ0v) is 20.4. The van der Waals surface area contributed by atoms with Crippen LogP contribution in [0.5, 0.6) is 11.5 Å². The molecule has 2 aromatic rings. The van der Waals surface area contributed by atoms with E-state index in [1.54, 1.807) is 31.4 Å². The lowest BCUT2D eigenvalue weighted by Gasteiger charge is -2.39. The van der Waals surface area contributed by atoms with Gasteiger partial charge in [-0.2, -0.15) is 4.31 Å². The van der Waals surface area contributed by atoms with Crippen LogP contribution >= 0.6 is 0 Å². The summed E-state index contributed by atoms with van der Waals surface area (Å²) >= 11 is 0. The van der Waals surface area contributed by atoms with Crippen molar-refractivity contribution in [3.63, 3.8) is 0 Å². The number of aryl methyl sites for hydroxylation is 1. The molecule has 8 heteroatoms.